The van der Waals surface area contributed by atoms with Crippen molar-refractivity contribution >= 4 is 28.9 Å². The van der Waals surface area contributed by atoms with E-state index in [2.05, 4.69) is 10.2 Å². The van der Waals surface area contributed by atoms with E-state index in [4.69, 9.17) is 11.6 Å². The Labute approximate surface area is 171 Å². The Hall–Kier alpha value is -2.48. The van der Waals surface area contributed by atoms with Gasteiger partial charge in [-0.1, -0.05) is 24.4 Å². The lowest BCUT2D eigenvalue weighted by molar-refractivity contribution is -0.138. The number of hydrogen-bond donors (Lipinski definition) is 1. The fourth-order valence-electron chi connectivity index (χ4n) is 3.31. The normalized spacial score (nSPS) is 15.1. The number of anilines is 2. The monoisotopic (exact) mass is 427 g/mol. The van der Waals surface area contributed by atoms with Crippen LogP contribution in [0.4, 0.5) is 24.5 Å². The maximum atomic E-state index is 12.9. The van der Waals surface area contributed by atoms with E-state index in [-0.39, 0.29) is 0 Å². The molecule has 5 nitrogen and oxygen atoms in total. The third kappa shape index (κ3) is 5.53. The molecule has 0 saturated carbocycles. The van der Waals surface area contributed by atoms with Crippen LogP contribution in [0.5, 0.6) is 0 Å². The lowest BCUT2D eigenvalue weighted by Gasteiger charge is -2.22. The van der Waals surface area contributed by atoms with Crippen LogP contribution >= 0.6 is 11.6 Å². The van der Waals surface area contributed by atoms with Gasteiger partial charge in [0.15, 0.2) is 0 Å². The zero-order valence-electron chi connectivity index (χ0n) is 15.6. The van der Waals surface area contributed by atoms with E-state index in [0.717, 1.165) is 31.6 Å². The quantitative estimate of drug-likeness (QED) is 0.779. The molecule has 1 amide bonds. The van der Waals surface area contributed by atoms with Crippen molar-refractivity contribution in [2.24, 2.45) is 0 Å². The van der Waals surface area contributed by atoms with Crippen LogP contribution in [-0.2, 0) is 17.5 Å². The number of pyridine rings is 1. The van der Waals surface area contributed by atoms with E-state index in [1.165, 1.54) is 12.8 Å². The van der Waals surface area contributed by atoms with Gasteiger partial charge in [0.25, 0.3) is 5.56 Å². The topological polar surface area (TPSA) is 54.3 Å². The van der Waals surface area contributed by atoms with Crippen LogP contribution in [0.1, 0.15) is 31.2 Å². The molecule has 9 heteroatoms. The summed E-state index contributed by atoms with van der Waals surface area (Å²) in [7, 11) is 0. The molecule has 1 aromatic carbocycles. The van der Waals surface area contributed by atoms with Gasteiger partial charge in [-0.05, 0) is 43.2 Å². The summed E-state index contributed by atoms with van der Waals surface area (Å²) in [4.78, 5) is 26.5. The molecule has 0 radical (unpaired) electrons. The third-order valence-corrected chi connectivity index (χ3v) is 5.08. The number of rotatable bonds is 4. The van der Waals surface area contributed by atoms with Gasteiger partial charge in [0.1, 0.15) is 11.6 Å². The van der Waals surface area contributed by atoms with Crippen LogP contribution in [0.15, 0.2) is 41.3 Å². The summed E-state index contributed by atoms with van der Waals surface area (Å²) >= 11 is 5.60. The minimum Gasteiger partial charge on any atom is -0.372 e. The Balaban J connectivity index is 1.68. The third-order valence-electron chi connectivity index (χ3n) is 4.81. The van der Waals surface area contributed by atoms with Crippen LogP contribution in [0.25, 0.3) is 0 Å². The summed E-state index contributed by atoms with van der Waals surface area (Å²) in [6.45, 7) is 1.41. The number of nitrogens with one attached hydrogen (secondary N) is 1. The fourth-order valence-corrected chi connectivity index (χ4v) is 3.54. The molecule has 0 aliphatic carbocycles. The van der Waals surface area contributed by atoms with Crippen molar-refractivity contribution in [1.29, 1.82) is 0 Å². The van der Waals surface area contributed by atoms with Crippen molar-refractivity contribution < 1.29 is 18.0 Å². The molecule has 1 aliphatic rings. The molecule has 1 aromatic heterocycles. The second-order valence-electron chi connectivity index (χ2n) is 7.00. The SMILES string of the molecule is O=C(Cn1cc(C(F)(F)F)cc(Cl)c1=O)Nc1ccc(N2CCCCCC2)cc1. The zero-order valence-corrected chi connectivity index (χ0v) is 16.4. The highest BCUT2D eigenvalue weighted by atomic mass is 35.5. The molecule has 0 spiro atoms. The first kappa shape index (κ1) is 21.2. The molecular formula is C20H21ClF3N3O2. The van der Waals surface area contributed by atoms with Crippen molar-refractivity contribution in [3.05, 3.63) is 57.5 Å². The van der Waals surface area contributed by atoms with Gasteiger partial charge < -0.3 is 14.8 Å². The molecule has 1 N–H and O–H groups in total. The Morgan fingerprint density at radius 3 is 2.28 bits per heavy atom. The number of carbonyl (C=O) groups is 1. The zero-order chi connectivity index (χ0) is 21.0. The van der Waals surface area contributed by atoms with Gasteiger partial charge >= 0.3 is 6.18 Å². The largest absolute Gasteiger partial charge is 0.417 e. The first-order chi connectivity index (χ1) is 13.7. The number of benzene rings is 1. The summed E-state index contributed by atoms with van der Waals surface area (Å²) in [5.41, 5.74) is -0.381. The number of amides is 1. The van der Waals surface area contributed by atoms with Crippen LogP contribution < -0.4 is 15.8 Å². The molecule has 2 aromatic rings. The van der Waals surface area contributed by atoms with Gasteiger partial charge in [0, 0.05) is 30.7 Å². The van der Waals surface area contributed by atoms with Crippen molar-refractivity contribution in [3.8, 4) is 0 Å². The smallest absolute Gasteiger partial charge is 0.372 e. The average molecular weight is 428 g/mol. The number of aromatic nitrogens is 1. The molecule has 29 heavy (non-hydrogen) atoms. The van der Waals surface area contributed by atoms with Gasteiger partial charge in [-0.3, -0.25) is 9.59 Å². The molecule has 0 atom stereocenters. The van der Waals surface area contributed by atoms with Gasteiger partial charge in [-0.15, -0.1) is 0 Å². The Kier molecular flexibility index (Phi) is 6.52. The van der Waals surface area contributed by atoms with Crippen LogP contribution in [0, 0.1) is 0 Å². The molecule has 1 saturated heterocycles. The summed E-state index contributed by atoms with van der Waals surface area (Å²) in [6, 6.07) is 7.82. The molecule has 0 unspecified atom stereocenters. The highest BCUT2D eigenvalue weighted by molar-refractivity contribution is 6.30. The van der Waals surface area contributed by atoms with E-state index in [0.29, 0.717) is 22.5 Å². The second-order valence-corrected chi connectivity index (χ2v) is 7.41. The van der Waals surface area contributed by atoms with E-state index in [9.17, 15) is 22.8 Å². The van der Waals surface area contributed by atoms with Gasteiger partial charge in [0.2, 0.25) is 5.91 Å². The van der Waals surface area contributed by atoms with Gasteiger partial charge in [-0.25, -0.2) is 0 Å². The Bertz CT molecular complexity index is 918. The predicted molar refractivity (Wildman–Crippen MR) is 106 cm³/mol. The number of carbonyl (C=O) groups excluding carboxylic acids is 1. The molecule has 3 rings (SSSR count). The second kappa shape index (κ2) is 8.90. The Morgan fingerprint density at radius 1 is 1.07 bits per heavy atom. The average Bonchev–Trinajstić information content (AvgIpc) is 2.94. The highest BCUT2D eigenvalue weighted by Crippen LogP contribution is 2.29. The summed E-state index contributed by atoms with van der Waals surface area (Å²) in [5.74, 6) is -0.620. The Morgan fingerprint density at radius 2 is 1.69 bits per heavy atom. The van der Waals surface area contributed by atoms with Crippen LogP contribution in [-0.4, -0.2) is 23.6 Å². The highest BCUT2D eigenvalue weighted by Gasteiger charge is 2.32. The molecule has 2 heterocycles. The molecule has 0 bridgehead atoms. The molecule has 156 valence electrons. The van der Waals surface area contributed by atoms with Gasteiger partial charge in [-0.2, -0.15) is 13.2 Å². The van der Waals surface area contributed by atoms with E-state index in [1.807, 2.05) is 12.1 Å². The maximum absolute atomic E-state index is 12.9. The van der Waals surface area contributed by atoms with Crippen molar-refractivity contribution in [2.75, 3.05) is 23.3 Å². The summed E-state index contributed by atoms with van der Waals surface area (Å²) in [5, 5.41) is 2.01. The van der Waals surface area contributed by atoms with E-state index in [1.54, 1.807) is 12.1 Å². The first-order valence-corrected chi connectivity index (χ1v) is 9.74. The minimum atomic E-state index is -4.67. The van der Waals surface area contributed by atoms with Crippen LogP contribution in [0.2, 0.25) is 5.02 Å². The molecular weight excluding hydrogens is 407 g/mol. The lowest BCUT2D eigenvalue weighted by Crippen LogP contribution is -2.29. The number of hydrogen-bond acceptors (Lipinski definition) is 3. The van der Waals surface area contributed by atoms with Crippen molar-refractivity contribution in [1.82, 2.24) is 4.57 Å². The van der Waals surface area contributed by atoms with E-state index >= 15 is 0 Å². The van der Waals surface area contributed by atoms with Crippen LogP contribution in [0.3, 0.4) is 0 Å². The standard InChI is InChI=1S/C20H21ClF3N3O2/c21-17-11-14(20(22,23)24)12-27(19(17)29)13-18(28)25-15-5-7-16(8-6-15)26-9-3-1-2-4-10-26/h5-8,11-12H,1-4,9-10,13H2,(H,25,28). The maximum Gasteiger partial charge on any atom is 0.417 e. The van der Waals surface area contributed by atoms with E-state index < -0.39 is 34.8 Å². The lowest BCUT2D eigenvalue weighted by atomic mass is 10.2. The fraction of sp³-hybridized carbons (Fsp3) is 0.400. The molecule has 1 aliphatic heterocycles. The number of halogens is 4. The predicted octanol–water partition coefficient (Wildman–Crippen LogP) is 4.54. The number of alkyl halides is 3. The van der Waals surface area contributed by atoms with Crippen molar-refractivity contribution in [3.63, 3.8) is 0 Å². The molecule has 1 fully saturated rings. The van der Waals surface area contributed by atoms with Crippen molar-refractivity contribution in [2.45, 2.75) is 38.4 Å². The number of nitrogens with zero attached hydrogens (tertiary/aromatic N) is 2. The first-order valence-electron chi connectivity index (χ1n) is 9.36. The summed E-state index contributed by atoms with van der Waals surface area (Å²) < 4.78 is 39.4. The summed E-state index contributed by atoms with van der Waals surface area (Å²) in [6.07, 6.45) is 0.668. The minimum absolute atomic E-state index is 0.500. The van der Waals surface area contributed by atoms with Gasteiger partial charge in [0.05, 0.1) is 5.56 Å².